The quantitative estimate of drug-likeness (QED) is 0.0845. The molecule has 1 saturated carbocycles. The molecule has 0 aromatic heterocycles. The fraction of sp³-hybridized carbons (Fsp3) is 0.638. The van der Waals surface area contributed by atoms with Crippen molar-refractivity contribution in [2.24, 2.45) is 29.1 Å². The van der Waals surface area contributed by atoms with Crippen LogP contribution in [0.3, 0.4) is 0 Å². The van der Waals surface area contributed by atoms with Crippen molar-refractivity contribution in [3.63, 3.8) is 0 Å². The molecular weight excluding hydrogens is 687 g/mol. The Morgan fingerprint density at radius 1 is 0.673 bits per heavy atom. The third-order valence-electron chi connectivity index (χ3n) is 11.0. The SMILES string of the molecule is CC(C)CC(NC(=O)C(CC(=O)[C@H](CC(C)C)NC(=O)[C@H](CCc1ccccc1)CC(=O)CCCCCCCN(C)C)Cc1ccccc1)C(=O)C1(C)CC1. The van der Waals surface area contributed by atoms with E-state index in [-0.39, 0.29) is 53.8 Å². The maximum absolute atomic E-state index is 14.3. The molecule has 1 fully saturated rings. The van der Waals surface area contributed by atoms with Gasteiger partial charge < -0.3 is 15.5 Å². The number of nitrogens with zero attached hydrogens (tertiary/aromatic N) is 1. The van der Waals surface area contributed by atoms with E-state index in [2.05, 4.69) is 29.6 Å². The minimum absolute atomic E-state index is 0.0690. The molecule has 2 amide bonds. The molecule has 2 unspecified atom stereocenters. The van der Waals surface area contributed by atoms with Crippen LogP contribution in [-0.4, -0.2) is 66.8 Å². The smallest absolute Gasteiger partial charge is 0.224 e. The predicted octanol–water partition coefficient (Wildman–Crippen LogP) is 8.35. The number of hydrogen-bond donors (Lipinski definition) is 2. The van der Waals surface area contributed by atoms with Gasteiger partial charge in [0.25, 0.3) is 0 Å². The van der Waals surface area contributed by atoms with Gasteiger partial charge in [0.05, 0.1) is 12.1 Å². The Hall–Kier alpha value is -3.65. The van der Waals surface area contributed by atoms with Crippen LogP contribution in [0.1, 0.15) is 129 Å². The average Bonchev–Trinajstić information content (AvgIpc) is 3.90. The highest BCUT2D eigenvalue weighted by Crippen LogP contribution is 2.47. The molecule has 0 radical (unpaired) electrons. The summed E-state index contributed by atoms with van der Waals surface area (Å²) in [6.07, 6.45) is 9.82. The van der Waals surface area contributed by atoms with Crippen molar-refractivity contribution >= 4 is 29.2 Å². The molecule has 1 aliphatic carbocycles. The second-order valence-electron chi connectivity index (χ2n) is 17.6. The summed E-state index contributed by atoms with van der Waals surface area (Å²) in [4.78, 5) is 71.4. The summed E-state index contributed by atoms with van der Waals surface area (Å²) in [5.41, 5.74) is 1.63. The van der Waals surface area contributed by atoms with E-state index in [0.717, 1.165) is 62.6 Å². The lowest BCUT2D eigenvalue weighted by Gasteiger charge is -2.27. The van der Waals surface area contributed by atoms with Crippen molar-refractivity contribution in [3.8, 4) is 0 Å². The van der Waals surface area contributed by atoms with Gasteiger partial charge in [-0.2, -0.15) is 0 Å². The first-order valence-corrected chi connectivity index (χ1v) is 21.1. The van der Waals surface area contributed by atoms with Gasteiger partial charge in [0, 0.05) is 36.5 Å². The molecule has 2 N–H and O–H groups in total. The Morgan fingerprint density at radius 3 is 1.78 bits per heavy atom. The monoisotopic (exact) mass is 758 g/mol. The van der Waals surface area contributed by atoms with Gasteiger partial charge in [-0.1, -0.05) is 115 Å². The van der Waals surface area contributed by atoms with Crippen LogP contribution in [-0.2, 0) is 36.8 Å². The lowest BCUT2D eigenvalue weighted by atomic mass is 9.87. The molecule has 0 saturated heterocycles. The van der Waals surface area contributed by atoms with E-state index in [0.29, 0.717) is 38.5 Å². The van der Waals surface area contributed by atoms with E-state index in [9.17, 15) is 24.0 Å². The fourth-order valence-corrected chi connectivity index (χ4v) is 7.39. The normalized spacial score (nSPS) is 15.7. The zero-order valence-electron chi connectivity index (χ0n) is 35.0. The molecule has 8 nitrogen and oxygen atoms in total. The third-order valence-corrected chi connectivity index (χ3v) is 11.0. The van der Waals surface area contributed by atoms with Gasteiger partial charge in [0.2, 0.25) is 11.8 Å². The minimum atomic E-state index is -0.798. The number of ketones is 3. The number of carbonyl (C=O) groups excluding carboxylic acids is 5. The first kappa shape index (κ1) is 45.7. The molecule has 1 aliphatic rings. The van der Waals surface area contributed by atoms with Gasteiger partial charge in [0.15, 0.2) is 11.6 Å². The molecule has 304 valence electrons. The number of aryl methyl sites for hydroxylation is 1. The lowest BCUT2D eigenvalue weighted by molar-refractivity contribution is -0.135. The standard InChI is InChI=1S/C47H71N3O5/c1-34(2)29-41(48-45(54)38(25-24-36-19-13-11-14-20-36)32-40(51)23-17-9-8-10-18-28-50(6)7)43(52)33-39(31-37-21-15-12-16-22-37)46(55)49-42(30-35(3)4)44(53)47(5)26-27-47/h11-16,19-22,34-35,38-39,41-42H,8-10,17-18,23-33H2,1-7H3,(H,48,54)(H,49,55)/t38-,39?,41+,42?/m1/s1. The largest absolute Gasteiger partial charge is 0.346 e. The van der Waals surface area contributed by atoms with E-state index in [1.54, 1.807) is 0 Å². The third kappa shape index (κ3) is 17.4. The Bertz CT molecular complexity index is 1480. The zero-order valence-corrected chi connectivity index (χ0v) is 35.0. The summed E-state index contributed by atoms with van der Waals surface area (Å²) < 4.78 is 0. The Labute approximate surface area is 332 Å². The van der Waals surface area contributed by atoms with Gasteiger partial charge in [-0.15, -0.1) is 0 Å². The summed E-state index contributed by atoms with van der Waals surface area (Å²) in [5.74, 6) is -1.61. The molecule has 3 rings (SSSR count). The second-order valence-corrected chi connectivity index (χ2v) is 17.6. The summed E-state index contributed by atoms with van der Waals surface area (Å²) in [6.45, 7) is 11.1. The Balaban J connectivity index is 1.75. The number of carbonyl (C=O) groups is 5. The number of amides is 2. The van der Waals surface area contributed by atoms with E-state index in [1.165, 1.54) is 0 Å². The highest BCUT2D eigenvalue weighted by molar-refractivity contribution is 5.97. The lowest BCUT2D eigenvalue weighted by Crippen LogP contribution is -2.49. The van der Waals surface area contributed by atoms with Crippen LogP contribution in [0.4, 0.5) is 0 Å². The summed E-state index contributed by atoms with van der Waals surface area (Å²) in [7, 11) is 4.16. The Kier molecular flexibility index (Phi) is 19.5. The minimum Gasteiger partial charge on any atom is -0.346 e. The number of Topliss-reactive ketones (excluding diaryl/α,β-unsaturated/α-hetero) is 3. The molecule has 8 heteroatoms. The van der Waals surface area contributed by atoms with E-state index in [1.807, 2.05) is 95.3 Å². The number of unbranched alkanes of at least 4 members (excludes halogenated alkanes) is 4. The predicted molar refractivity (Wildman–Crippen MR) is 223 cm³/mol. The first-order chi connectivity index (χ1) is 26.2. The van der Waals surface area contributed by atoms with Crippen molar-refractivity contribution in [2.75, 3.05) is 20.6 Å². The first-order valence-electron chi connectivity index (χ1n) is 21.1. The Morgan fingerprint density at radius 2 is 1.20 bits per heavy atom. The van der Waals surface area contributed by atoms with E-state index >= 15 is 0 Å². The number of nitrogens with one attached hydrogen (secondary N) is 2. The van der Waals surface area contributed by atoms with Crippen LogP contribution in [0, 0.1) is 29.1 Å². The van der Waals surface area contributed by atoms with Crippen molar-refractivity contribution in [1.29, 1.82) is 0 Å². The topological polar surface area (TPSA) is 113 Å². The number of rotatable bonds is 28. The van der Waals surface area contributed by atoms with Gasteiger partial charge in [-0.3, -0.25) is 24.0 Å². The second kappa shape index (κ2) is 23.4. The molecule has 4 atom stereocenters. The highest BCUT2D eigenvalue weighted by atomic mass is 16.2. The number of benzene rings is 2. The fourth-order valence-electron chi connectivity index (χ4n) is 7.39. The van der Waals surface area contributed by atoms with Crippen molar-refractivity contribution in [2.45, 2.75) is 143 Å². The zero-order chi connectivity index (χ0) is 40.4. The van der Waals surface area contributed by atoms with Gasteiger partial charge in [-0.25, -0.2) is 0 Å². The van der Waals surface area contributed by atoms with Crippen molar-refractivity contribution < 1.29 is 24.0 Å². The van der Waals surface area contributed by atoms with Gasteiger partial charge in [-0.05, 0) is 101 Å². The molecule has 0 heterocycles. The molecule has 0 bridgehead atoms. The van der Waals surface area contributed by atoms with Crippen LogP contribution in [0.15, 0.2) is 60.7 Å². The summed E-state index contributed by atoms with van der Waals surface area (Å²) >= 11 is 0. The van der Waals surface area contributed by atoms with Crippen LogP contribution in [0.25, 0.3) is 0 Å². The number of hydrogen-bond acceptors (Lipinski definition) is 6. The van der Waals surface area contributed by atoms with E-state index < -0.39 is 29.3 Å². The maximum Gasteiger partial charge on any atom is 0.224 e. The van der Waals surface area contributed by atoms with Crippen molar-refractivity contribution in [3.05, 3.63) is 71.8 Å². The van der Waals surface area contributed by atoms with Crippen LogP contribution < -0.4 is 10.6 Å². The highest BCUT2D eigenvalue weighted by Gasteiger charge is 2.48. The van der Waals surface area contributed by atoms with Crippen LogP contribution in [0.5, 0.6) is 0 Å². The van der Waals surface area contributed by atoms with Gasteiger partial charge in [0.1, 0.15) is 5.78 Å². The summed E-state index contributed by atoms with van der Waals surface area (Å²) in [6, 6.07) is 18.2. The molecular formula is C47H71N3O5. The van der Waals surface area contributed by atoms with Crippen LogP contribution in [0.2, 0.25) is 0 Å². The average molecular weight is 758 g/mol. The van der Waals surface area contributed by atoms with Gasteiger partial charge >= 0.3 is 0 Å². The molecule has 55 heavy (non-hydrogen) atoms. The maximum atomic E-state index is 14.3. The molecule has 0 aliphatic heterocycles. The van der Waals surface area contributed by atoms with Crippen molar-refractivity contribution in [1.82, 2.24) is 15.5 Å². The molecule has 2 aromatic rings. The molecule has 2 aromatic carbocycles. The van der Waals surface area contributed by atoms with Crippen LogP contribution >= 0.6 is 0 Å². The van der Waals surface area contributed by atoms with E-state index in [4.69, 9.17) is 0 Å². The summed E-state index contributed by atoms with van der Waals surface area (Å²) in [5, 5.41) is 6.16. The molecule has 0 spiro atoms.